The van der Waals surface area contributed by atoms with Gasteiger partial charge in [0.1, 0.15) is 97.7 Å². The van der Waals surface area contributed by atoms with Crippen molar-refractivity contribution < 1.29 is 109 Å². The normalized spacial score (nSPS) is 55.5. The standard InChI is InChI=1S/C30H53NO22/c1-6-12(34)17(39)20(42)28(46-6)50-22-11(31)27(48-10(5-33)16(22)38)52-24-19(41)13(35)7(2)47-30(24)53-25-23(14(36)8(3)45-26(25)44)51-29-21(43)18(40)15(37)9(4-32)49-29/h6-30,32-44H,4-5,31H2,1-3H3/t6-,7-,8-,9+,10+,11+,12-,13-,14-,15+,16+,17+,18-,19+,20+,21+,22+,23+,24+,25+,26+,27-,28-,29+,30-/m0/s1. The lowest BCUT2D eigenvalue weighted by Gasteiger charge is -2.50. The fraction of sp³-hybridized carbons (Fsp3) is 1.00. The molecular formula is C30H53NO22. The highest BCUT2D eigenvalue weighted by molar-refractivity contribution is 4.99. The Balaban J connectivity index is 1.38. The molecule has 0 unspecified atom stereocenters. The summed E-state index contributed by atoms with van der Waals surface area (Å²) in [6.07, 6.45) is -39.1. The van der Waals surface area contributed by atoms with Crippen molar-refractivity contribution in [3.63, 3.8) is 0 Å². The molecule has 0 saturated carbocycles. The lowest BCUT2D eigenvalue weighted by Crippen LogP contribution is -2.69. The average Bonchev–Trinajstić information content (AvgIpc) is 3.12. The van der Waals surface area contributed by atoms with E-state index in [2.05, 4.69) is 0 Å². The zero-order chi connectivity index (χ0) is 39.2. The van der Waals surface area contributed by atoms with Crippen molar-refractivity contribution in [2.45, 2.75) is 174 Å². The third-order valence-electron chi connectivity index (χ3n) is 10.3. The third-order valence-corrected chi connectivity index (χ3v) is 10.3. The van der Waals surface area contributed by atoms with Crippen molar-refractivity contribution in [3.05, 3.63) is 0 Å². The van der Waals surface area contributed by atoms with Crippen molar-refractivity contribution in [2.75, 3.05) is 13.2 Å². The minimum atomic E-state index is -1.92. The molecule has 23 heteroatoms. The predicted molar refractivity (Wildman–Crippen MR) is 164 cm³/mol. The van der Waals surface area contributed by atoms with Crippen molar-refractivity contribution in [3.8, 4) is 0 Å². The van der Waals surface area contributed by atoms with Crippen LogP contribution in [0.5, 0.6) is 0 Å². The Kier molecular flexibility index (Phi) is 14.4. The third kappa shape index (κ3) is 8.68. The summed E-state index contributed by atoms with van der Waals surface area (Å²) in [6.45, 7) is 2.49. The van der Waals surface area contributed by atoms with Crippen LogP contribution in [0.15, 0.2) is 0 Å². The molecule has 15 N–H and O–H groups in total. The molecule has 310 valence electrons. The molecule has 0 aromatic rings. The summed E-state index contributed by atoms with van der Waals surface area (Å²) in [6, 6.07) is -1.53. The fourth-order valence-corrected chi connectivity index (χ4v) is 6.87. The van der Waals surface area contributed by atoms with Gasteiger partial charge in [0.15, 0.2) is 31.5 Å². The molecule has 23 nitrogen and oxygen atoms in total. The number of ether oxygens (including phenoxy) is 9. The van der Waals surface area contributed by atoms with E-state index in [4.69, 9.17) is 48.4 Å². The molecule has 5 heterocycles. The van der Waals surface area contributed by atoms with E-state index >= 15 is 0 Å². The van der Waals surface area contributed by atoms with Gasteiger partial charge in [-0.15, -0.1) is 0 Å². The van der Waals surface area contributed by atoms with Crippen LogP contribution in [0.25, 0.3) is 0 Å². The molecule has 5 aliphatic rings. The Morgan fingerprint density at radius 1 is 0.396 bits per heavy atom. The van der Waals surface area contributed by atoms with Crippen LogP contribution in [0.4, 0.5) is 0 Å². The zero-order valence-electron chi connectivity index (χ0n) is 28.9. The van der Waals surface area contributed by atoms with Crippen LogP contribution >= 0.6 is 0 Å². The number of hydrogen-bond donors (Lipinski definition) is 14. The van der Waals surface area contributed by atoms with Gasteiger partial charge in [-0.05, 0) is 20.8 Å². The lowest BCUT2D eigenvalue weighted by atomic mass is 9.95. The van der Waals surface area contributed by atoms with E-state index in [0.717, 1.165) is 0 Å². The van der Waals surface area contributed by atoms with E-state index in [0.29, 0.717) is 0 Å². The molecule has 0 radical (unpaired) electrons. The van der Waals surface area contributed by atoms with Gasteiger partial charge in [-0.3, -0.25) is 0 Å². The van der Waals surface area contributed by atoms with E-state index in [-0.39, 0.29) is 0 Å². The maximum atomic E-state index is 11.2. The molecule has 0 spiro atoms. The molecule has 0 aromatic heterocycles. The highest BCUT2D eigenvalue weighted by atomic mass is 16.8. The molecule has 0 amide bonds. The maximum Gasteiger partial charge on any atom is 0.187 e. The summed E-state index contributed by atoms with van der Waals surface area (Å²) >= 11 is 0. The van der Waals surface area contributed by atoms with Crippen LogP contribution in [0.1, 0.15) is 20.8 Å². The van der Waals surface area contributed by atoms with Gasteiger partial charge < -0.3 is 115 Å². The van der Waals surface area contributed by atoms with Gasteiger partial charge in [-0.25, -0.2) is 0 Å². The smallest absolute Gasteiger partial charge is 0.187 e. The number of rotatable bonds is 10. The van der Waals surface area contributed by atoms with Gasteiger partial charge in [0.25, 0.3) is 0 Å². The van der Waals surface area contributed by atoms with E-state index in [1.54, 1.807) is 0 Å². The topological polar surface area (TPSA) is 372 Å². The molecule has 0 aliphatic carbocycles. The average molecular weight is 780 g/mol. The molecule has 53 heavy (non-hydrogen) atoms. The van der Waals surface area contributed by atoms with Crippen LogP contribution in [-0.4, -0.2) is 233 Å². The lowest BCUT2D eigenvalue weighted by molar-refractivity contribution is -0.398. The number of nitrogens with two attached hydrogens (primary N) is 1. The van der Waals surface area contributed by atoms with Gasteiger partial charge in [-0.1, -0.05) is 0 Å². The SMILES string of the molecule is C[C@@H]1O[C@@H](O[C@@H]2[C@@H](N)[C@H](O[C@H]3[C@H](O[C@@H]4[C@H](O[C@H]5O[C@H](CO)[C@@H](O)[C@H](O)[C@H]5O)[C@@H](O)[C@H](C)O[C@H]4O)O[C@@H](C)[C@H](O)[C@H]3O)O[C@H](CO)[C@H]2O)[C@H](O)[C@H](O)[C@H]1O. The van der Waals surface area contributed by atoms with Gasteiger partial charge in [-0.2, -0.15) is 0 Å². The fourth-order valence-electron chi connectivity index (χ4n) is 6.87. The predicted octanol–water partition coefficient (Wildman–Crippen LogP) is -8.88. The van der Waals surface area contributed by atoms with Crippen LogP contribution in [-0.2, 0) is 42.6 Å². The first kappa shape index (κ1) is 43.2. The maximum absolute atomic E-state index is 11.2. The van der Waals surface area contributed by atoms with Crippen LogP contribution < -0.4 is 5.73 Å². The second-order valence-corrected chi connectivity index (χ2v) is 14.0. The Morgan fingerprint density at radius 2 is 0.830 bits per heavy atom. The molecule has 25 atom stereocenters. The minimum Gasteiger partial charge on any atom is -0.394 e. The van der Waals surface area contributed by atoms with E-state index in [1.165, 1.54) is 20.8 Å². The van der Waals surface area contributed by atoms with Gasteiger partial charge in [0.05, 0.1) is 37.6 Å². The Morgan fingerprint density at radius 3 is 1.43 bits per heavy atom. The van der Waals surface area contributed by atoms with Gasteiger partial charge in [0.2, 0.25) is 0 Å². The summed E-state index contributed by atoms with van der Waals surface area (Å²) in [7, 11) is 0. The Hall–Kier alpha value is -0.920. The van der Waals surface area contributed by atoms with Gasteiger partial charge in [0, 0.05) is 0 Å². The first-order valence-electron chi connectivity index (χ1n) is 17.3. The van der Waals surface area contributed by atoms with Crippen molar-refractivity contribution in [1.82, 2.24) is 0 Å². The number of hydrogen-bond acceptors (Lipinski definition) is 23. The van der Waals surface area contributed by atoms with E-state index in [1.807, 2.05) is 0 Å². The van der Waals surface area contributed by atoms with E-state index < -0.39 is 167 Å². The first-order chi connectivity index (χ1) is 24.9. The second kappa shape index (κ2) is 17.7. The largest absolute Gasteiger partial charge is 0.394 e. The van der Waals surface area contributed by atoms with Crippen molar-refractivity contribution in [1.29, 1.82) is 0 Å². The molecule has 5 rings (SSSR count). The van der Waals surface area contributed by atoms with Crippen molar-refractivity contribution >= 4 is 0 Å². The summed E-state index contributed by atoms with van der Waals surface area (Å²) in [5, 5.41) is 136. The monoisotopic (exact) mass is 779 g/mol. The first-order valence-corrected chi connectivity index (χ1v) is 17.3. The molecule has 5 fully saturated rings. The highest BCUT2D eigenvalue weighted by Crippen LogP contribution is 2.35. The molecule has 5 saturated heterocycles. The molecular weight excluding hydrogens is 726 g/mol. The molecule has 5 aliphatic heterocycles. The zero-order valence-corrected chi connectivity index (χ0v) is 28.9. The highest BCUT2D eigenvalue weighted by Gasteiger charge is 2.56. The van der Waals surface area contributed by atoms with Gasteiger partial charge >= 0.3 is 0 Å². The molecule has 0 aromatic carbocycles. The molecule has 0 bridgehead atoms. The second-order valence-electron chi connectivity index (χ2n) is 14.0. The van der Waals surface area contributed by atoms with Crippen LogP contribution in [0.3, 0.4) is 0 Å². The minimum absolute atomic E-state index is 0.795. The van der Waals surface area contributed by atoms with E-state index in [9.17, 15) is 66.4 Å². The van der Waals surface area contributed by atoms with Crippen LogP contribution in [0.2, 0.25) is 0 Å². The van der Waals surface area contributed by atoms with Crippen molar-refractivity contribution in [2.24, 2.45) is 5.73 Å². The summed E-state index contributed by atoms with van der Waals surface area (Å²) in [5.74, 6) is 0. The summed E-state index contributed by atoms with van der Waals surface area (Å²) < 4.78 is 51.2. The summed E-state index contributed by atoms with van der Waals surface area (Å²) in [4.78, 5) is 0. The number of aliphatic hydroxyl groups is 13. The Labute approximate surface area is 302 Å². The quantitative estimate of drug-likeness (QED) is 0.0978. The number of aliphatic hydroxyl groups excluding tert-OH is 13. The summed E-state index contributed by atoms with van der Waals surface area (Å²) in [5.41, 5.74) is 6.38. The van der Waals surface area contributed by atoms with Crippen LogP contribution in [0, 0.1) is 0 Å². The Bertz CT molecular complexity index is 1160.